The highest BCUT2D eigenvalue weighted by atomic mass is 16.5. The minimum absolute atomic E-state index is 0.0847. The van der Waals surface area contributed by atoms with Gasteiger partial charge in [0, 0.05) is 13.1 Å². The second-order valence-corrected chi connectivity index (χ2v) is 4.20. The Balaban J connectivity index is 2.36. The smallest absolute Gasteiger partial charge is 0.0994 e. The Morgan fingerprint density at radius 2 is 2.19 bits per heavy atom. The minimum atomic E-state index is 0.0847. The third kappa shape index (κ3) is 2.08. The number of morpholine rings is 1. The van der Waals surface area contributed by atoms with E-state index >= 15 is 0 Å². The van der Waals surface area contributed by atoms with Gasteiger partial charge in [0.1, 0.15) is 0 Å². The number of nitrogens with zero attached hydrogens (tertiary/aromatic N) is 1. The summed E-state index contributed by atoms with van der Waals surface area (Å²) >= 11 is 0. The predicted molar refractivity (Wildman–Crippen MR) is 62.2 cm³/mol. The summed E-state index contributed by atoms with van der Waals surface area (Å²) in [6.45, 7) is 6.51. The molecule has 84 valence electrons. The number of nitriles is 1. The molecule has 1 aliphatic heterocycles. The lowest BCUT2D eigenvalue weighted by Gasteiger charge is -2.25. The summed E-state index contributed by atoms with van der Waals surface area (Å²) in [4.78, 5) is 0. The van der Waals surface area contributed by atoms with Crippen molar-refractivity contribution in [1.82, 2.24) is 5.32 Å². The minimum Gasteiger partial charge on any atom is -0.371 e. The Labute approximate surface area is 96.0 Å². The normalized spacial score (nSPS) is 20.4. The monoisotopic (exact) mass is 216 g/mol. The van der Waals surface area contributed by atoms with Gasteiger partial charge in [0.15, 0.2) is 0 Å². The van der Waals surface area contributed by atoms with Crippen LogP contribution >= 0.6 is 0 Å². The van der Waals surface area contributed by atoms with E-state index in [1.54, 1.807) is 0 Å². The molecule has 1 atom stereocenters. The van der Waals surface area contributed by atoms with Crippen LogP contribution in [-0.2, 0) is 4.74 Å². The maximum absolute atomic E-state index is 9.03. The van der Waals surface area contributed by atoms with Crippen LogP contribution in [0.3, 0.4) is 0 Å². The molecule has 0 radical (unpaired) electrons. The van der Waals surface area contributed by atoms with Gasteiger partial charge in [0.25, 0.3) is 0 Å². The van der Waals surface area contributed by atoms with Crippen LogP contribution in [0.1, 0.15) is 28.4 Å². The zero-order valence-electron chi connectivity index (χ0n) is 9.71. The van der Waals surface area contributed by atoms with Crippen molar-refractivity contribution in [3.8, 4) is 6.07 Å². The van der Waals surface area contributed by atoms with Crippen molar-refractivity contribution in [1.29, 1.82) is 5.26 Å². The summed E-state index contributed by atoms with van der Waals surface area (Å²) in [5, 5.41) is 12.3. The fourth-order valence-electron chi connectivity index (χ4n) is 2.10. The van der Waals surface area contributed by atoms with Crippen LogP contribution in [0.5, 0.6) is 0 Å². The van der Waals surface area contributed by atoms with E-state index in [-0.39, 0.29) is 6.10 Å². The summed E-state index contributed by atoms with van der Waals surface area (Å²) < 4.78 is 5.71. The fourth-order valence-corrected chi connectivity index (χ4v) is 2.10. The van der Waals surface area contributed by atoms with Gasteiger partial charge >= 0.3 is 0 Å². The average Bonchev–Trinajstić information content (AvgIpc) is 2.30. The largest absolute Gasteiger partial charge is 0.371 e. The number of ether oxygens (including phenoxy) is 1. The van der Waals surface area contributed by atoms with Gasteiger partial charge in [-0.25, -0.2) is 0 Å². The van der Waals surface area contributed by atoms with Crippen LogP contribution in [0.25, 0.3) is 0 Å². The molecule has 3 heteroatoms. The van der Waals surface area contributed by atoms with Gasteiger partial charge in [0.2, 0.25) is 0 Å². The molecule has 16 heavy (non-hydrogen) atoms. The summed E-state index contributed by atoms with van der Waals surface area (Å²) in [5.74, 6) is 0. The highest BCUT2D eigenvalue weighted by Gasteiger charge is 2.18. The average molecular weight is 216 g/mol. The van der Waals surface area contributed by atoms with Gasteiger partial charge in [-0.15, -0.1) is 0 Å². The molecule has 0 aromatic heterocycles. The van der Waals surface area contributed by atoms with Crippen molar-refractivity contribution >= 4 is 0 Å². The molecule has 1 heterocycles. The third-order valence-electron chi connectivity index (χ3n) is 3.01. The first-order valence-electron chi connectivity index (χ1n) is 5.56. The first-order valence-corrected chi connectivity index (χ1v) is 5.56. The van der Waals surface area contributed by atoms with E-state index in [4.69, 9.17) is 10.00 Å². The maximum atomic E-state index is 9.03. The molecular weight excluding hydrogens is 200 g/mol. The highest BCUT2D eigenvalue weighted by molar-refractivity contribution is 5.44. The molecule has 1 aliphatic rings. The Morgan fingerprint density at radius 3 is 2.81 bits per heavy atom. The van der Waals surface area contributed by atoms with Crippen molar-refractivity contribution in [2.75, 3.05) is 19.7 Å². The number of hydrogen-bond donors (Lipinski definition) is 1. The Kier molecular flexibility index (Phi) is 3.23. The van der Waals surface area contributed by atoms with E-state index in [2.05, 4.69) is 24.4 Å². The van der Waals surface area contributed by atoms with Crippen LogP contribution in [0.2, 0.25) is 0 Å². The Morgan fingerprint density at radius 1 is 1.38 bits per heavy atom. The van der Waals surface area contributed by atoms with E-state index in [9.17, 15) is 0 Å². The fraction of sp³-hybridized carbons (Fsp3) is 0.462. The Bertz CT molecular complexity index is 428. The second-order valence-electron chi connectivity index (χ2n) is 4.20. The number of rotatable bonds is 1. The van der Waals surface area contributed by atoms with Crippen LogP contribution in [-0.4, -0.2) is 19.7 Å². The van der Waals surface area contributed by atoms with Crippen molar-refractivity contribution in [2.24, 2.45) is 0 Å². The van der Waals surface area contributed by atoms with Gasteiger partial charge in [-0.1, -0.05) is 6.07 Å². The van der Waals surface area contributed by atoms with Gasteiger partial charge in [-0.3, -0.25) is 0 Å². The molecule has 0 aliphatic carbocycles. The topological polar surface area (TPSA) is 45.0 Å². The number of benzene rings is 1. The Hall–Kier alpha value is -1.37. The van der Waals surface area contributed by atoms with Gasteiger partial charge in [-0.05, 0) is 36.6 Å². The van der Waals surface area contributed by atoms with Gasteiger partial charge < -0.3 is 10.1 Å². The SMILES string of the molecule is Cc1cc(C)c(C2CNCCO2)cc1C#N. The lowest BCUT2D eigenvalue weighted by Crippen LogP contribution is -2.33. The molecule has 0 amide bonds. The van der Waals surface area contributed by atoms with Crippen molar-refractivity contribution in [2.45, 2.75) is 20.0 Å². The van der Waals surface area contributed by atoms with E-state index in [1.165, 1.54) is 5.56 Å². The molecule has 1 N–H and O–H groups in total. The summed E-state index contributed by atoms with van der Waals surface area (Å²) in [6, 6.07) is 6.25. The standard InChI is InChI=1S/C13H16N2O/c1-9-5-10(2)12(6-11(9)7-14)13-8-15-3-4-16-13/h5-6,13,15H,3-4,8H2,1-2H3. The third-order valence-corrected chi connectivity index (χ3v) is 3.01. The first kappa shape index (κ1) is 11.1. The summed E-state index contributed by atoms with van der Waals surface area (Å²) in [5.41, 5.74) is 4.11. The number of nitrogens with one attached hydrogen (secondary N) is 1. The molecule has 0 bridgehead atoms. The van der Waals surface area contributed by atoms with Crippen LogP contribution in [0.4, 0.5) is 0 Å². The van der Waals surface area contributed by atoms with Crippen molar-refractivity contribution < 1.29 is 4.74 Å². The number of aryl methyl sites for hydroxylation is 2. The molecule has 3 nitrogen and oxygen atoms in total. The molecular formula is C13H16N2O. The maximum Gasteiger partial charge on any atom is 0.0994 e. The predicted octanol–water partition coefficient (Wildman–Crippen LogP) is 1.84. The van der Waals surface area contributed by atoms with E-state index in [1.807, 2.05) is 13.0 Å². The summed E-state index contributed by atoms with van der Waals surface area (Å²) in [6.07, 6.45) is 0.0847. The van der Waals surface area contributed by atoms with Gasteiger partial charge in [-0.2, -0.15) is 5.26 Å². The van der Waals surface area contributed by atoms with Crippen LogP contribution in [0.15, 0.2) is 12.1 Å². The zero-order valence-corrected chi connectivity index (χ0v) is 9.71. The van der Waals surface area contributed by atoms with Crippen LogP contribution < -0.4 is 5.32 Å². The number of hydrogen-bond acceptors (Lipinski definition) is 3. The van der Waals surface area contributed by atoms with Crippen LogP contribution in [0, 0.1) is 25.2 Å². The highest BCUT2D eigenvalue weighted by Crippen LogP contribution is 2.25. The second kappa shape index (κ2) is 4.65. The summed E-state index contributed by atoms with van der Waals surface area (Å²) in [7, 11) is 0. The molecule has 1 fully saturated rings. The molecule has 1 unspecified atom stereocenters. The van der Waals surface area contributed by atoms with E-state index < -0.39 is 0 Å². The molecule has 2 rings (SSSR count). The molecule has 1 aromatic carbocycles. The lowest BCUT2D eigenvalue weighted by molar-refractivity contribution is 0.0273. The van der Waals surface area contributed by atoms with E-state index in [0.29, 0.717) is 0 Å². The molecule has 1 aromatic rings. The first-order chi connectivity index (χ1) is 7.72. The molecule has 0 spiro atoms. The van der Waals surface area contributed by atoms with E-state index in [0.717, 1.165) is 36.4 Å². The van der Waals surface area contributed by atoms with Crippen molar-refractivity contribution in [3.63, 3.8) is 0 Å². The zero-order chi connectivity index (χ0) is 11.5. The van der Waals surface area contributed by atoms with Crippen molar-refractivity contribution in [3.05, 3.63) is 34.4 Å². The lowest BCUT2D eigenvalue weighted by atomic mass is 9.96. The molecule has 0 saturated carbocycles. The van der Waals surface area contributed by atoms with Gasteiger partial charge in [0.05, 0.1) is 24.3 Å². The molecule has 1 saturated heterocycles. The quantitative estimate of drug-likeness (QED) is 0.779.